The van der Waals surface area contributed by atoms with Gasteiger partial charge in [-0.2, -0.15) is 0 Å². The van der Waals surface area contributed by atoms with Gasteiger partial charge in [-0.05, 0) is 25.0 Å². The molecule has 108 valence electrons. The van der Waals surface area contributed by atoms with Gasteiger partial charge in [0.15, 0.2) is 0 Å². The molecule has 5 heteroatoms. The minimum atomic E-state index is -0.472. The van der Waals surface area contributed by atoms with Crippen molar-refractivity contribution in [3.63, 3.8) is 0 Å². The third-order valence-corrected chi connectivity index (χ3v) is 3.40. The van der Waals surface area contributed by atoms with E-state index in [9.17, 15) is 14.0 Å². The Bertz CT molecular complexity index is 491. The topological polar surface area (TPSA) is 49.4 Å². The molecule has 0 unspecified atom stereocenters. The van der Waals surface area contributed by atoms with Crippen molar-refractivity contribution in [2.75, 3.05) is 18.4 Å². The lowest BCUT2D eigenvalue weighted by atomic mass is 10.1. The third kappa shape index (κ3) is 4.05. The van der Waals surface area contributed by atoms with E-state index in [-0.39, 0.29) is 24.0 Å². The van der Waals surface area contributed by atoms with Crippen LogP contribution in [0.1, 0.15) is 32.1 Å². The third-order valence-electron chi connectivity index (χ3n) is 3.40. The molecule has 0 aliphatic carbocycles. The number of nitrogens with zero attached hydrogens (tertiary/aromatic N) is 1. The van der Waals surface area contributed by atoms with Crippen molar-refractivity contribution in [3.8, 4) is 0 Å². The van der Waals surface area contributed by atoms with E-state index in [1.165, 1.54) is 12.1 Å². The van der Waals surface area contributed by atoms with Crippen molar-refractivity contribution in [2.24, 2.45) is 0 Å². The van der Waals surface area contributed by atoms with Gasteiger partial charge in [0.2, 0.25) is 11.8 Å². The number of rotatable bonds is 3. The van der Waals surface area contributed by atoms with Gasteiger partial charge in [0, 0.05) is 13.0 Å². The molecule has 0 aromatic heterocycles. The number of halogens is 1. The molecule has 20 heavy (non-hydrogen) atoms. The zero-order chi connectivity index (χ0) is 14.4. The Balaban J connectivity index is 1.92. The number of nitrogens with one attached hydrogen (secondary N) is 1. The van der Waals surface area contributed by atoms with E-state index in [1.807, 2.05) is 0 Å². The Morgan fingerprint density at radius 1 is 1.20 bits per heavy atom. The number of hydrogen-bond donors (Lipinski definition) is 1. The first-order valence-corrected chi connectivity index (χ1v) is 6.99. The highest BCUT2D eigenvalue weighted by Crippen LogP contribution is 2.14. The van der Waals surface area contributed by atoms with Crippen LogP contribution in [0.5, 0.6) is 0 Å². The molecular weight excluding hydrogens is 259 g/mol. The van der Waals surface area contributed by atoms with Gasteiger partial charge in [0.25, 0.3) is 0 Å². The first-order valence-electron chi connectivity index (χ1n) is 6.99. The van der Waals surface area contributed by atoms with Crippen LogP contribution in [-0.2, 0) is 9.59 Å². The lowest BCUT2D eigenvalue weighted by Gasteiger charge is -2.24. The second-order valence-corrected chi connectivity index (χ2v) is 5.01. The molecule has 1 saturated heterocycles. The Morgan fingerprint density at radius 2 is 1.95 bits per heavy atom. The van der Waals surface area contributed by atoms with E-state index in [2.05, 4.69) is 5.32 Å². The van der Waals surface area contributed by atoms with Crippen LogP contribution in [0.25, 0.3) is 0 Å². The number of likely N-dealkylation sites (tertiary alicyclic amines) is 1. The second kappa shape index (κ2) is 7.03. The average Bonchev–Trinajstić information content (AvgIpc) is 2.41. The zero-order valence-corrected chi connectivity index (χ0v) is 11.4. The van der Waals surface area contributed by atoms with Gasteiger partial charge in [-0.25, -0.2) is 4.39 Å². The highest BCUT2D eigenvalue weighted by atomic mass is 19.1. The highest BCUT2D eigenvalue weighted by Gasteiger charge is 2.18. The largest absolute Gasteiger partial charge is 0.333 e. The normalized spacial score (nSPS) is 16.4. The molecule has 0 bridgehead atoms. The predicted octanol–water partition coefficient (Wildman–Crippen LogP) is 2.56. The molecule has 2 rings (SSSR count). The zero-order valence-electron chi connectivity index (χ0n) is 11.4. The number of benzene rings is 1. The maximum absolute atomic E-state index is 13.4. The summed E-state index contributed by atoms with van der Waals surface area (Å²) in [6, 6.07) is 6.01. The van der Waals surface area contributed by atoms with Crippen LogP contribution in [0.2, 0.25) is 0 Å². The number of para-hydroxylation sites is 1. The number of carbonyl (C=O) groups is 2. The number of carbonyl (C=O) groups excluding carboxylic acids is 2. The first-order chi connectivity index (χ1) is 9.66. The maximum atomic E-state index is 13.4. The molecule has 1 aromatic carbocycles. The fraction of sp³-hybridized carbons (Fsp3) is 0.467. The van der Waals surface area contributed by atoms with Gasteiger partial charge in [-0.15, -0.1) is 0 Å². The standard InChI is InChI=1S/C15H19FN2O2/c16-12-7-4-5-8-13(12)17-14(19)11-18-10-6-2-1-3-9-15(18)20/h4-5,7-8H,1-3,6,9-11H2,(H,17,19). The monoisotopic (exact) mass is 278 g/mol. The summed E-state index contributed by atoms with van der Waals surface area (Å²) in [5.74, 6) is -0.822. The summed E-state index contributed by atoms with van der Waals surface area (Å²) >= 11 is 0. The van der Waals surface area contributed by atoms with Crippen LogP contribution in [0.4, 0.5) is 10.1 Å². The summed E-state index contributed by atoms with van der Waals surface area (Å²) in [6.45, 7) is 0.594. The first kappa shape index (κ1) is 14.5. The summed E-state index contributed by atoms with van der Waals surface area (Å²) in [5.41, 5.74) is 0.150. The number of hydrogen-bond acceptors (Lipinski definition) is 2. The smallest absolute Gasteiger partial charge is 0.244 e. The summed E-state index contributed by atoms with van der Waals surface area (Å²) in [4.78, 5) is 25.4. The number of anilines is 1. The molecule has 0 saturated carbocycles. The van der Waals surface area contributed by atoms with E-state index < -0.39 is 5.82 Å². The fourth-order valence-electron chi connectivity index (χ4n) is 2.31. The molecule has 4 nitrogen and oxygen atoms in total. The summed E-state index contributed by atoms with van der Waals surface area (Å²) in [7, 11) is 0. The molecule has 1 aliphatic rings. The van der Waals surface area contributed by atoms with Crippen molar-refractivity contribution in [1.29, 1.82) is 0 Å². The van der Waals surface area contributed by atoms with E-state index in [0.717, 1.165) is 25.7 Å². The fourth-order valence-corrected chi connectivity index (χ4v) is 2.31. The van der Waals surface area contributed by atoms with Crippen molar-refractivity contribution in [3.05, 3.63) is 30.1 Å². The quantitative estimate of drug-likeness (QED) is 0.923. The minimum absolute atomic E-state index is 0.00678. The lowest BCUT2D eigenvalue weighted by molar-refractivity contribution is -0.135. The predicted molar refractivity (Wildman–Crippen MR) is 74.7 cm³/mol. The van der Waals surface area contributed by atoms with Gasteiger partial charge in [-0.1, -0.05) is 25.0 Å². The van der Waals surface area contributed by atoms with Gasteiger partial charge in [-0.3, -0.25) is 9.59 Å². The van der Waals surface area contributed by atoms with Gasteiger partial charge >= 0.3 is 0 Å². The molecule has 0 radical (unpaired) electrons. The van der Waals surface area contributed by atoms with Crippen LogP contribution < -0.4 is 5.32 Å². The van der Waals surface area contributed by atoms with Crippen LogP contribution in [0.3, 0.4) is 0 Å². The molecule has 0 atom stereocenters. The Morgan fingerprint density at radius 3 is 2.75 bits per heavy atom. The molecule has 1 aliphatic heterocycles. The molecule has 1 heterocycles. The Kier molecular flexibility index (Phi) is 5.09. The molecule has 1 N–H and O–H groups in total. The summed E-state index contributed by atoms with van der Waals surface area (Å²) in [6.07, 6.45) is 4.44. The van der Waals surface area contributed by atoms with Gasteiger partial charge in [0.05, 0.1) is 12.2 Å². The van der Waals surface area contributed by atoms with Crippen molar-refractivity contribution in [2.45, 2.75) is 32.1 Å². The summed E-state index contributed by atoms with van der Waals surface area (Å²) in [5, 5.41) is 2.51. The van der Waals surface area contributed by atoms with Crippen molar-refractivity contribution >= 4 is 17.5 Å². The van der Waals surface area contributed by atoms with Crippen LogP contribution in [0, 0.1) is 5.82 Å². The van der Waals surface area contributed by atoms with Gasteiger partial charge < -0.3 is 10.2 Å². The van der Waals surface area contributed by atoms with Crippen molar-refractivity contribution in [1.82, 2.24) is 4.90 Å². The second-order valence-electron chi connectivity index (χ2n) is 5.01. The minimum Gasteiger partial charge on any atom is -0.333 e. The van der Waals surface area contributed by atoms with Crippen LogP contribution in [-0.4, -0.2) is 29.8 Å². The van der Waals surface area contributed by atoms with E-state index in [4.69, 9.17) is 0 Å². The summed E-state index contributed by atoms with van der Waals surface area (Å²) < 4.78 is 13.4. The molecule has 2 amide bonds. The number of amides is 2. The Hall–Kier alpha value is -1.91. The van der Waals surface area contributed by atoms with E-state index >= 15 is 0 Å². The molecular formula is C15H19FN2O2. The SMILES string of the molecule is O=C(CN1CCCCCCC1=O)Nc1ccccc1F. The Labute approximate surface area is 118 Å². The van der Waals surface area contributed by atoms with E-state index in [1.54, 1.807) is 17.0 Å². The highest BCUT2D eigenvalue weighted by molar-refractivity contribution is 5.94. The van der Waals surface area contributed by atoms with E-state index in [0.29, 0.717) is 13.0 Å². The lowest BCUT2D eigenvalue weighted by Crippen LogP contribution is -2.39. The maximum Gasteiger partial charge on any atom is 0.244 e. The molecule has 0 spiro atoms. The van der Waals surface area contributed by atoms with Crippen LogP contribution in [0.15, 0.2) is 24.3 Å². The van der Waals surface area contributed by atoms with Gasteiger partial charge in [0.1, 0.15) is 5.82 Å². The van der Waals surface area contributed by atoms with Crippen LogP contribution >= 0.6 is 0 Å². The average molecular weight is 278 g/mol. The molecule has 1 fully saturated rings. The molecule has 1 aromatic rings. The van der Waals surface area contributed by atoms with Crippen molar-refractivity contribution < 1.29 is 14.0 Å².